The highest BCUT2D eigenvalue weighted by molar-refractivity contribution is 9.09. The van der Waals surface area contributed by atoms with Crippen molar-refractivity contribution >= 4 is 55.9 Å². The Balaban J connectivity index is 0.00000116. The molecule has 0 saturated carbocycles. The van der Waals surface area contributed by atoms with Crippen molar-refractivity contribution in [1.29, 1.82) is 0 Å². The van der Waals surface area contributed by atoms with Crippen LogP contribution in [0.15, 0.2) is 78.1 Å². The van der Waals surface area contributed by atoms with Crippen LogP contribution in [0, 0.1) is 5.41 Å². The average molecular weight is 656 g/mol. The maximum absolute atomic E-state index is 12.1. The quantitative estimate of drug-likeness (QED) is 0.0647. The highest BCUT2D eigenvalue weighted by Crippen LogP contribution is 2.32. The molecule has 0 aliphatic rings. The van der Waals surface area contributed by atoms with E-state index in [0.29, 0.717) is 33.8 Å². The number of alkyl halides is 1. The Bertz CT molecular complexity index is 1010. The van der Waals surface area contributed by atoms with Gasteiger partial charge in [0.05, 0.1) is 0 Å². The Hall–Kier alpha value is -1.94. The van der Waals surface area contributed by atoms with Crippen LogP contribution in [0.3, 0.4) is 0 Å². The summed E-state index contributed by atoms with van der Waals surface area (Å²) >= 11 is 10.1. The number of benzene rings is 1. The minimum atomic E-state index is -0.478. The number of aliphatic imine (C=N–C) groups is 1. The van der Waals surface area contributed by atoms with E-state index in [0.717, 1.165) is 29.2 Å². The molecule has 224 valence electrons. The Morgan fingerprint density at radius 3 is 2.38 bits per heavy atom. The standard InChI is InChI=1S/C22H38N4OS2.C9H10BrF/c1-7-9-14-22(4,8-2)16-29-20(23)25-21(28)24-18-10-12-19(13-11-18)27-15-17(3)26(5)6;1-7(8(2)6-10)4-5-9(3)11/h10-13,17H,7-9,14-16H2,1-6H3,(H3,23,24,25,28);4-5H,1-3,6H2/b;5-4-. The van der Waals surface area contributed by atoms with E-state index in [-0.39, 0.29) is 5.41 Å². The number of thioether (sulfide) groups is 1. The number of rotatable bonds is 15. The van der Waals surface area contributed by atoms with E-state index in [9.17, 15) is 4.39 Å². The summed E-state index contributed by atoms with van der Waals surface area (Å²) in [6, 6.07) is 8.07. The third-order valence-electron chi connectivity index (χ3n) is 6.33. The van der Waals surface area contributed by atoms with E-state index >= 15 is 0 Å². The first-order valence-electron chi connectivity index (χ1n) is 13.4. The lowest BCUT2D eigenvalue weighted by molar-refractivity contribution is 0.198. The monoisotopic (exact) mass is 654 g/mol. The first kappa shape index (κ1) is 38.1. The van der Waals surface area contributed by atoms with Crippen LogP contribution < -0.4 is 15.8 Å². The summed E-state index contributed by atoms with van der Waals surface area (Å²) in [5.41, 5.74) is 8.80. The molecule has 2 atom stereocenters. The fourth-order valence-electron chi connectivity index (χ4n) is 2.88. The smallest absolute Gasteiger partial charge is 0.199 e. The van der Waals surface area contributed by atoms with E-state index in [4.69, 9.17) is 22.7 Å². The van der Waals surface area contributed by atoms with Gasteiger partial charge < -0.3 is 20.7 Å². The van der Waals surface area contributed by atoms with Crippen LogP contribution in [0.4, 0.5) is 10.1 Å². The average Bonchev–Trinajstić information content (AvgIpc) is 2.92. The zero-order chi connectivity index (χ0) is 30.7. The molecule has 0 amide bonds. The molecule has 9 heteroatoms. The molecule has 1 aromatic carbocycles. The number of ether oxygens (including phenoxy) is 1. The fourth-order valence-corrected chi connectivity index (χ4v) is 4.52. The maximum Gasteiger partial charge on any atom is 0.199 e. The van der Waals surface area contributed by atoms with Crippen molar-refractivity contribution in [3.8, 4) is 5.75 Å². The number of anilines is 1. The van der Waals surface area contributed by atoms with Crippen LogP contribution in [-0.2, 0) is 0 Å². The van der Waals surface area contributed by atoms with Crippen molar-refractivity contribution in [2.75, 3.05) is 37.1 Å². The lowest BCUT2D eigenvalue weighted by Crippen LogP contribution is -2.30. The number of allylic oxidation sites excluding steroid dienone is 5. The lowest BCUT2D eigenvalue weighted by Gasteiger charge is -2.27. The van der Waals surface area contributed by atoms with Crippen LogP contribution >= 0.6 is 39.9 Å². The van der Waals surface area contributed by atoms with Crippen LogP contribution in [0.5, 0.6) is 5.75 Å². The van der Waals surface area contributed by atoms with Gasteiger partial charge in [-0.05, 0) is 93.0 Å². The summed E-state index contributed by atoms with van der Waals surface area (Å²) in [4.78, 5) is 6.46. The van der Waals surface area contributed by atoms with Gasteiger partial charge in [-0.1, -0.05) is 87.1 Å². The Morgan fingerprint density at radius 2 is 1.88 bits per heavy atom. The van der Waals surface area contributed by atoms with Crippen molar-refractivity contribution in [2.45, 2.75) is 59.4 Å². The fraction of sp³-hybridized carbons (Fsp3) is 0.484. The van der Waals surface area contributed by atoms with Crippen molar-refractivity contribution in [3.05, 3.63) is 73.1 Å². The van der Waals surface area contributed by atoms with Crippen molar-refractivity contribution < 1.29 is 9.13 Å². The molecular weight excluding hydrogens is 607 g/mol. The zero-order valence-corrected chi connectivity index (χ0v) is 28.3. The molecule has 1 rings (SSSR count). The molecule has 1 aromatic rings. The zero-order valence-electron chi connectivity index (χ0n) is 25.1. The van der Waals surface area contributed by atoms with E-state index < -0.39 is 5.83 Å². The molecule has 0 saturated heterocycles. The number of unbranched alkanes of at least 4 members (excludes halogenated alkanes) is 1. The minimum Gasteiger partial charge on any atom is -0.492 e. The number of thiocarbonyl (C=S) groups is 1. The topological polar surface area (TPSA) is 62.9 Å². The highest BCUT2D eigenvalue weighted by Gasteiger charge is 2.22. The van der Waals surface area contributed by atoms with Gasteiger partial charge >= 0.3 is 0 Å². The van der Waals surface area contributed by atoms with Gasteiger partial charge in [0.2, 0.25) is 0 Å². The molecule has 0 aliphatic carbocycles. The molecule has 0 radical (unpaired) electrons. The minimum absolute atomic E-state index is 0.287. The third kappa shape index (κ3) is 17.7. The first-order chi connectivity index (χ1) is 18.8. The summed E-state index contributed by atoms with van der Waals surface area (Å²) in [6.45, 7) is 20.0. The number of hydrogen-bond acceptors (Lipinski definition) is 4. The van der Waals surface area contributed by atoms with Gasteiger partial charge in [0.25, 0.3) is 0 Å². The van der Waals surface area contributed by atoms with Gasteiger partial charge in [-0.15, -0.1) is 0 Å². The number of halogens is 2. The largest absolute Gasteiger partial charge is 0.492 e. The second-order valence-electron chi connectivity index (χ2n) is 10.1. The predicted octanol–water partition coefficient (Wildman–Crippen LogP) is 8.90. The Kier molecular flexibility index (Phi) is 19.9. The van der Waals surface area contributed by atoms with Crippen molar-refractivity contribution in [2.24, 2.45) is 16.1 Å². The molecule has 0 heterocycles. The number of nitrogens with two attached hydrogens (primary N) is 1. The summed E-state index contributed by atoms with van der Waals surface area (Å²) in [6.07, 6.45) is 7.62. The summed E-state index contributed by atoms with van der Waals surface area (Å²) in [5, 5.41) is 4.65. The van der Waals surface area contributed by atoms with Gasteiger partial charge in [-0.3, -0.25) is 0 Å². The predicted molar refractivity (Wildman–Crippen MR) is 185 cm³/mol. The third-order valence-corrected chi connectivity index (χ3v) is 8.43. The summed E-state index contributed by atoms with van der Waals surface area (Å²) in [7, 11) is 4.08. The normalized spacial score (nSPS) is 13.7. The summed E-state index contributed by atoms with van der Waals surface area (Å²) in [5.74, 6) is 1.31. The van der Waals surface area contributed by atoms with E-state index in [2.05, 4.69) is 78.6 Å². The van der Waals surface area contributed by atoms with Crippen LogP contribution in [0.1, 0.15) is 53.4 Å². The molecule has 2 unspecified atom stereocenters. The van der Waals surface area contributed by atoms with Gasteiger partial charge in [-0.25, -0.2) is 4.39 Å². The number of hydrogen-bond donors (Lipinski definition) is 2. The van der Waals surface area contributed by atoms with Gasteiger partial charge in [-0.2, -0.15) is 4.99 Å². The number of likely N-dealkylation sites (N-methyl/N-ethyl adjacent to an activating group) is 1. The number of nitrogens with zero attached hydrogens (tertiary/aromatic N) is 2. The van der Waals surface area contributed by atoms with Crippen LogP contribution in [0.2, 0.25) is 0 Å². The van der Waals surface area contributed by atoms with Gasteiger partial charge in [0, 0.05) is 22.8 Å². The Morgan fingerprint density at radius 1 is 1.25 bits per heavy atom. The van der Waals surface area contributed by atoms with Crippen LogP contribution in [-0.4, -0.2) is 53.0 Å². The van der Waals surface area contributed by atoms with Crippen molar-refractivity contribution in [3.63, 3.8) is 0 Å². The van der Waals surface area contributed by atoms with E-state index in [1.165, 1.54) is 25.3 Å². The van der Waals surface area contributed by atoms with Crippen LogP contribution in [0.25, 0.3) is 0 Å². The number of amidine groups is 1. The molecule has 0 fully saturated rings. The van der Waals surface area contributed by atoms with Gasteiger partial charge in [0.15, 0.2) is 10.3 Å². The van der Waals surface area contributed by atoms with E-state index in [1.807, 2.05) is 38.4 Å². The maximum atomic E-state index is 12.1. The molecule has 0 bridgehead atoms. The SMILES string of the molecule is C=C(F)/C=C\C(=C)C(=C)CBr.CCCCC(C)(CC)CS/C(N)=N/C(=S)Nc1ccc(OCC(C)N(C)C)cc1. The molecule has 3 N–H and O–H groups in total. The number of nitrogens with one attached hydrogen (secondary N) is 1. The molecular formula is C31H48BrFN4OS2. The molecule has 0 aromatic heterocycles. The highest BCUT2D eigenvalue weighted by atomic mass is 79.9. The second kappa shape index (κ2) is 20.9. The van der Waals surface area contributed by atoms with E-state index in [1.54, 1.807) is 17.8 Å². The molecule has 0 spiro atoms. The van der Waals surface area contributed by atoms with Gasteiger partial charge in [0.1, 0.15) is 18.2 Å². The second-order valence-corrected chi connectivity index (χ2v) is 12.1. The Labute approximate surface area is 260 Å². The summed E-state index contributed by atoms with van der Waals surface area (Å²) < 4.78 is 17.9. The first-order valence-corrected chi connectivity index (χ1v) is 15.9. The lowest BCUT2D eigenvalue weighted by atomic mass is 9.84. The molecule has 40 heavy (non-hydrogen) atoms. The molecule has 5 nitrogen and oxygen atoms in total. The molecule has 0 aliphatic heterocycles. The van der Waals surface area contributed by atoms with Crippen molar-refractivity contribution in [1.82, 2.24) is 4.90 Å².